The van der Waals surface area contributed by atoms with E-state index in [1.54, 1.807) is 0 Å². The van der Waals surface area contributed by atoms with Crippen molar-refractivity contribution in [3.63, 3.8) is 0 Å². The van der Waals surface area contributed by atoms with Gasteiger partial charge in [0.1, 0.15) is 12.4 Å². The molecule has 2 rings (SSSR count). The molecule has 0 aliphatic carbocycles. The van der Waals surface area contributed by atoms with Crippen LogP contribution in [-0.4, -0.2) is 48.3 Å². The number of rotatable bonds is 4. The van der Waals surface area contributed by atoms with Gasteiger partial charge in [0.25, 0.3) is 0 Å². The van der Waals surface area contributed by atoms with Crippen LogP contribution in [0.25, 0.3) is 0 Å². The third-order valence-corrected chi connectivity index (χ3v) is 3.86. The minimum atomic E-state index is -2.10. The molecule has 9 heteroatoms. The number of carbonyl (C=O) groups is 2. The molecule has 0 bridgehead atoms. The van der Waals surface area contributed by atoms with Gasteiger partial charge in [-0.1, -0.05) is 0 Å². The lowest BCUT2D eigenvalue weighted by molar-refractivity contribution is -0.140. The highest BCUT2D eigenvalue weighted by Gasteiger charge is 2.32. The Morgan fingerprint density at radius 1 is 1.17 bits per heavy atom. The fraction of sp³-hybridized carbons (Fsp3) is 0.286. The van der Waals surface area contributed by atoms with E-state index in [9.17, 15) is 13.8 Å². The molecule has 1 unspecified atom stereocenters. The number of hydrogen-bond donors (Lipinski definition) is 1. The van der Waals surface area contributed by atoms with Gasteiger partial charge in [0.2, 0.25) is 0 Å². The van der Waals surface area contributed by atoms with Crippen LogP contribution in [0, 0.1) is 0 Å². The van der Waals surface area contributed by atoms with Crippen LogP contribution in [-0.2, 0) is 34.9 Å². The van der Waals surface area contributed by atoms with Gasteiger partial charge in [0.05, 0.1) is 31.3 Å². The van der Waals surface area contributed by atoms with Crippen LogP contribution in [0.15, 0.2) is 40.4 Å². The number of esters is 2. The van der Waals surface area contributed by atoms with Crippen molar-refractivity contribution in [2.75, 3.05) is 32.5 Å². The minimum absolute atomic E-state index is 0.0171. The van der Waals surface area contributed by atoms with Gasteiger partial charge in [0.15, 0.2) is 11.1 Å². The summed E-state index contributed by atoms with van der Waals surface area (Å²) in [6, 6.07) is 5.95. The Bertz CT molecular complexity index is 668. The molecule has 0 aromatic heterocycles. The fourth-order valence-corrected chi connectivity index (χ4v) is 2.46. The van der Waals surface area contributed by atoms with Gasteiger partial charge in [-0.3, -0.25) is 0 Å². The number of carbonyl (C=O) groups excluding carboxylic acids is 2. The SMILES string of the molecule is COC(=O)C1=C(C(=O)OC)N(c2ccc(S(=O)O)cc2)COC1. The zero-order valence-corrected chi connectivity index (χ0v) is 13.3. The predicted octanol–water partition coefficient (Wildman–Crippen LogP) is 0.661. The lowest BCUT2D eigenvalue weighted by Gasteiger charge is -2.31. The number of ether oxygens (including phenoxy) is 3. The van der Waals surface area contributed by atoms with Crippen LogP contribution in [0.3, 0.4) is 0 Å². The fourth-order valence-electron chi connectivity index (χ4n) is 2.09. The van der Waals surface area contributed by atoms with Crippen molar-refractivity contribution in [1.82, 2.24) is 0 Å². The van der Waals surface area contributed by atoms with Crippen molar-refractivity contribution in [2.24, 2.45) is 0 Å². The number of nitrogens with zero attached hydrogens (tertiary/aromatic N) is 1. The molecule has 1 heterocycles. The van der Waals surface area contributed by atoms with E-state index in [4.69, 9.17) is 14.0 Å². The third-order valence-electron chi connectivity index (χ3n) is 3.18. The zero-order chi connectivity index (χ0) is 17.0. The average Bonchev–Trinajstić information content (AvgIpc) is 2.59. The molecule has 0 fully saturated rings. The highest BCUT2D eigenvalue weighted by molar-refractivity contribution is 7.79. The number of methoxy groups -OCH3 is 2. The van der Waals surface area contributed by atoms with Gasteiger partial charge < -0.3 is 23.7 Å². The van der Waals surface area contributed by atoms with Crippen LogP contribution in [0.2, 0.25) is 0 Å². The summed E-state index contributed by atoms with van der Waals surface area (Å²) in [6.07, 6.45) is 0. The smallest absolute Gasteiger partial charge is 0.355 e. The molecule has 1 aromatic rings. The van der Waals surface area contributed by atoms with E-state index >= 15 is 0 Å². The molecule has 23 heavy (non-hydrogen) atoms. The Labute approximate surface area is 134 Å². The Morgan fingerprint density at radius 3 is 2.30 bits per heavy atom. The van der Waals surface area contributed by atoms with Crippen LogP contribution in [0.1, 0.15) is 0 Å². The second-order valence-electron chi connectivity index (χ2n) is 4.46. The van der Waals surface area contributed by atoms with Gasteiger partial charge in [-0.2, -0.15) is 0 Å². The summed E-state index contributed by atoms with van der Waals surface area (Å²) in [5.41, 5.74) is 0.560. The summed E-state index contributed by atoms with van der Waals surface area (Å²) in [5.74, 6) is -1.40. The molecule has 1 aromatic carbocycles. The predicted molar refractivity (Wildman–Crippen MR) is 79.8 cm³/mol. The normalized spacial score (nSPS) is 16.0. The van der Waals surface area contributed by atoms with E-state index in [1.807, 2.05) is 0 Å². The van der Waals surface area contributed by atoms with Crippen LogP contribution < -0.4 is 4.90 Å². The van der Waals surface area contributed by atoms with E-state index in [-0.39, 0.29) is 29.5 Å². The first-order valence-electron chi connectivity index (χ1n) is 6.45. The first kappa shape index (κ1) is 17.1. The van der Waals surface area contributed by atoms with Crippen molar-refractivity contribution in [3.05, 3.63) is 35.5 Å². The summed E-state index contributed by atoms with van der Waals surface area (Å²) < 4.78 is 34.8. The number of hydrogen-bond acceptors (Lipinski definition) is 7. The maximum absolute atomic E-state index is 12.1. The van der Waals surface area contributed by atoms with Gasteiger partial charge in [-0.25, -0.2) is 13.8 Å². The number of benzene rings is 1. The van der Waals surface area contributed by atoms with Gasteiger partial charge in [-0.15, -0.1) is 0 Å². The monoisotopic (exact) mass is 341 g/mol. The molecule has 1 aliphatic rings. The molecule has 0 amide bonds. The molecule has 1 N–H and O–H groups in total. The van der Waals surface area contributed by atoms with E-state index in [2.05, 4.69) is 4.74 Å². The molecule has 0 spiro atoms. The van der Waals surface area contributed by atoms with Crippen molar-refractivity contribution >= 4 is 28.7 Å². The van der Waals surface area contributed by atoms with E-state index in [0.29, 0.717) is 5.69 Å². The number of anilines is 1. The standard InChI is InChI=1S/C14H15NO7S/c1-20-13(16)11-7-22-8-15(12(11)14(17)21-2)9-3-5-10(6-4-9)23(18)19/h3-6H,7-8H2,1-2H3,(H,18,19). The molecule has 1 aliphatic heterocycles. The van der Waals surface area contributed by atoms with Crippen molar-refractivity contribution in [3.8, 4) is 0 Å². The summed E-state index contributed by atoms with van der Waals surface area (Å²) in [4.78, 5) is 25.6. The molecule has 0 radical (unpaired) electrons. The highest BCUT2D eigenvalue weighted by Crippen LogP contribution is 2.27. The lowest BCUT2D eigenvalue weighted by atomic mass is 10.1. The third kappa shape index (κ3) is 3.58. The first-order chi connectivity index (χ1) is 11.0. The summed E-state index contributed by atoms with van der Waals surface area (Å²) in [5, 5.41) is 0. The topological polar surface area (TPSA) is 102 Å². The highest BCUT2D eigenvalue weighted by atomic mass is 32.2. The molecule has 1 atom stereocenters. The Morgan fingerprint density at radius 2 is 1.78 bits per heavy atom. The van der Waals surface area contributed by atoms with Crippen LogP contribution in [0.4, 0.5) is 5.69 Å². The van der Waals surface area contributed by atoms with Gasteiger partial charge in [0, 0.05) is 5.69 Å². The molecular formula is C14H15NO7S. The Hall–Kier alpha value is -2.23. The zero-order valence-electron chi connectivity index (χ0n) is 12.5. The Kier molecular flexibility index (Phi) is 5.48. The maximum Gasteiger partial charge on any atom is 0.355 e. The van der Waals surface area contributed by atoms with Crippen molar-refractivity contribution in [1.29, 1.82) is 0 Å². The molecule has 124 valence electrons. The molecular weight excluding hydrogens is 326 g/mol. The maximum atomic E-state index is 12.1. The van der Waals surface area contributed by atoms with E-state index < -0.39 is 23.0 Å². The average molecular weight is 341 g/mol. The van der Waals surface area contributed by atoms with Gasteiger partial charge in [-0.05, 0) is 24.3 Å². The lowest BCUT2D eigenvalue weighted by Crippen LogP contribution is -2.38. The minimum Gasteiger partial charge on any atom is -0.466 e. The van der Waals surface area contributed by atoms with Crippen LogP contribution >= 0.6 is 0 Å². The van der Waals surface area contributed by atoms with Crippen molar-refractivity contribution < 1.29 is 32.6 Å². The van der Waals surface area contributed by atoms with E-state index in [1.165, 1.54) is 43.4 Å². The largest absolute Gasteiger partial charge is 0.466 e. The second kappa shape index (κ2) is 7.36. The summed E-state index contributed by atoms with van der Waals surface area (Å²) >= 11 is -2.10. The summed E-state index contributed by atoms with van der Waals surface area (Å²) in [6.45, 7) is -0.0567. The molecule has 0 saturated heterocycles. The van der Waals surface area contributed by atoms with Crippen molar-refractivity contribution in [2.45, 2.75) is 4.90 Å². The molecule has 8 nitrogen and oxygen atoms in total. The van der Waals surface area contributed by atoms with Gasteiger partial charge >= 0.3 is 11.9 Å². The second-order valence-corrected chi connectivity index (χ2v) is 5.43. The van der Waals surface area contributed by atoms with E-state index in [0.717, 1.165) is 0 Å². The first-order valence-corrected chi connectivity index (χ1v) is 7.56. The quantitative estimate of drug-likeness (QED) is 0.629. The van der Waals surface area contributed by atoms with Crippen LogP contribution in [0.5, 0.6) is 0 Å². The Balaban J connectivity index is 2.48. The summed E-state index contributed by atoms with van der Waals surface area (Å²) in [7, 11) is 2.41. The molecule has 0 saturated carbocycles.